The van der Waals surface area contributed by atoms with Crippen LogP contribution in [0, 0.1) is 23.7 Å². The molecule has 1 aliphatic heterocycles. The monoisotopic (exact) mass is 744 g/mol. The van der Waals surface area contributed by atoms with Gasteiger partial charge in [-0.05, 0) is 110 Å². The highest BCUT2D eigenvalue weighted by atomic mass is 32.1. The molecule has 0 N–H and O–H groups in total. The summed E-state index contributed by atoms with van der Waals surface area (Å²) in [5.74, 6) is 5.47. The summed E-state index contributed by atoms with van der Waals surface area (Å²) in [7, 11) is 0. The van der Waals surface area contributed by atoms with Crippen LogP contribution in [0.1, 0.15) is 79.8 Å². The van der Waals surface area contributed by atoms with Gasteiger partial charge in [-0.25, -0.2) is 9.97 Å². The lowest BCUT2D eigenvalue weighted by Gasteiger charge is -2.47. The Bertz CT molecular complexity index is 2790. The summed E-state index contributed by atoms with van der Waals surface area (Å²) >= 11 is 1.87. The second-order valence-corrected chi connectivity index (χ2v) is 18.9. The van der Waals surface area contributed by atoms with Crippen molar-refractivity contribution in [3.63, 3.8) is 0 Å². The van der Waals surface area contributed by atoms with Crippen LogP contribution in [0.4, 0.5) is 0 Å². The Hall–Kier alpha value is -5.32. The Morgan fingerprint density at radius 3 is 2.27 bits per heavy atom. The third kappa shape index (κ3) is 4.75. The Labute approximate surface area is 332 Å². The van der Waals surface area contributed by atoms with E-state index in [1.807, 2.05) is 11.3 Å². The first kappa shape index (κ1) is 32.9. The number of aromatic nitrogens is 2. The van der Waals surface area contributed by atoms with E-state index in [0.29, 0.717) is 0 Å². The van der Waals surface area contributed by atoms with Crippen LogP contribution >= 0.6 is 11.3 Å². The van der Waals surface area contributed by atoms with E-state index in [2.05, 4.69) is 153 Å². The van der Waals surface area contributed by atoms with Crippen LogP contribution in [0.15, 0.2) is 140 Å². The molecular formula is C52H44N2OS. The van der Waals surface area contributed by atoms with Crippen molar-refractivity contribution in [2.45, 2.75) is 62.7 Å². The van der Waals surface area contributed by atoms with Gasteiger partial charge in [0, 0.05) is 59.7 Å². The quantitative estimate of drug-likeness (QED) is 0.181. The summed E-state index contributed by atoms with van der Waals surface area (Å²) in [6, 6.07) is 42.6. The van der Waals surface area contributed by atoms with Crippen LogP contribution in [0.5, 0.6) is 11.5 Å². The Balaban J connectivity index is 1.07. The molecule has 7 aromatic rings. The first-order valence-corrected chi connectivity index (χ1v) is 21.4. The predicted molar refractivity (Wildman–Crippen MR) is 230 cm³/mol. The smallest absolute Gasteiger partial charge is 0.160 e. The van der Waals surface area contributed by atoms with Gasteiger partial charge in [0.1, 0.15) is 11.5 Å². The zero-order valence-corrected chi connectivity index (χ0v) is 32.7. The molecular weight excluding hydrogens is 701 g/mol. The molecule has 2 saturated carbocycles. The Morgan fingerprint density at radius 1 is 0.643 bits per heavy atom. The molecule has 5 aromatic carbocycles. The van der Waals surface area contributed by atoms with Crippen LogP contribution in [-0.2, 0) is 10.8 Å². The fourth-order valence-electron chi connectivity index (χ4n) is 12.2. The SMILES string of the molecule is CC1CC2C[C@@H](C1)CC(C)(c1cc(-c3ccc4sc5ccccc5c4c3)nc(-c3ccc4c(c3)C3(c5ccccc5O4)c4ccccc4C4C=CC=CC43)n1)C2. The molecule has 0 radical (unpaired) electrons. The Morgan fingerprint density at radius 2 is 1.38 bits per heavy atom. The third-order valence-corrected chi connectivity index (χ3v) is 15.4. The number of allylic oxidation sites excluding steroid dienone is 4. The maximum absolute atomic E-state index is 6.82. The lowest BCUT2D eigenvalue weighted by Crippen LogP contribution is -2.39. The molecule has 5 aliphatic rings. The van der Waals surface area contributed by atoms with E-state index in [1.54, 1.807) is 0 Å². The third-order valence-electron chi connectivity index (χ3n) is 14.2. The van der Waals surface area contributed by atoms with E-state index >= 15 is 0 Å². The van der Waals surface area contributed by atoms with Gasteiger partial charge in [0.2, 0.25) is 0 Å². The molecule has 1 spiro atoms. The minimum Gasteiger partial charge on any atom is -0.457 e. The number of benzene rings is 5. The molecule has 0 amide bonds. The van der Waals surface area contributed by atoms with Crippen molar-refractivity contribution in [2.75, 3.05) is 0 Å². The molecule has 2 aromatic heterocycles. The minimum atomic E-state index is -0.419. The molecule has 56 heavy (non-hydrogen) atoms. The highest BCUT2D eigenvalue weighted by Gasteiger charge is 2.56. The molecule has 12 rings (SSSR count). The van der Waals surface area contributed by atoms with Crippen molar-refractivity contribution >= 4 is 31.5 Å². The fourth-order valence-corrected chi connectivity index (χ4v) is 13.3. The molecule has 0 saturated heterocycles. The van der Waals surface area contributed by atoms with Crippen molar-refractivity contribution in [3.05, 3.63) is 168 Å². The maximum Gasteiger partial charge on any atom is 0.160 e. The number of hydrogen-bond acceptors (Lipinski definition) is 4. The summed E-state index contributed by atoms with van der Waals surface area (Å²) in [5.41, 5.74) is 9.15. The van der Waals surface area contributed by atoms with Crippen molar-refractivity contribution in [2.24, 2.45) is 23.7 Å². The number of hydrogen-bond donors (Lipinski definition) is 0. The van der Waals surface area contributed by atoms with E-state index in [-0.39, 0.29) is 17.3 Å². The molecule has 6 unspecified atom stereocenters. The van der Waals surface area contributed by atoms with Gasteiger partial charge >= 0.3 is 0 Å². The van der Waals surface area contributed by atoms with Crippen LogP contribution in [0.25, 0.3) is 42.8 Å². The second-order valence-electron chi connectivity index (χ2n) is 17.8. The van der Waals surface area contributed by atoms with E-state index < -0.39 is 5.41 Å². The van der Waals surface area contributed by atoms with Gasteiger partial charge in [-0.2, -0.15) is 0 Å². The number of para-hydroxylation sites is 1. The molecule has 7 atom stereocenters. The van der Waals surface area contributed by atoms with Crippen molar-refractivity contribution in [1.82, 2.24) is 9.97 Å². The topological polar surface area (TPSA) is 35.0 Å². The second kappa shape index (κ2) is 12.1. The predicted octanol–water partition coefficient (Wildman–Crippen LogP) is 13.6. The van der Waals surface area contributed by atoms with E-state index in [4.69, 9.17) is 14.7 Å². The summed E-state index contributed by atoms with van der Waals surface area (Å²) in [4.78, 5) is 11.1. The molecule has 2 fully saturated rings. The standard InChI is InChI=1S/C52H44N2OS/c1-31-23-32-25-33(24-31)30-51(2,29-32)49-28-44(34-20-22-48-39(26-34)38-13-5-10-18-47(38)56-48)53-50(54-49)35-19-21-46-43(27-35)52(42-16-8-9-17-45(42)55-46)40-14-6-3-11-36(40)37-12-4-7-15-41(37)52/h3-22,26-28,31-33,36,40H,23-25,29-30H2,1-2H3/t31?,32-,33?,36?,40?,51?,52?/m1/s1. The zero-order chi connectivity index (χ0) is 37.2. The van der Waals surface area contributed by atoms with E-state index in [9.17, 15) is 0 Å². The van der Waals surface area contributed by atoms with Crippen molar-refractivity contribution in [1.29, 1.82) is 0 Å². The van der Waals surface area contributed by atoms with Gasteiger partial charge in [-0.15, -0.1) is 11.3 Å². The first-order valence-electron chi connectivity index (χ1n) is 20.6. The average Bonchev–Trinajstić information content (AvgIpc) is 3.74. The highest BCUT2D eigenvalue weighted by Crippen LogP contribution is 2.65. The van der Waals surface area contributed by atoms with Gasteiger partial charge in [0.15, 0.2) is 5.82 Å². The van der Waals surface area contributed by atoms with Crippen LogP contribution in [-0.4, -0.2) is 9.97 Å². The number of fused-ring (bicyclic) bond motifs is 14. The summed E-state index contributed by atoms with van der Waals surface area (Å²) in [5, 5.41) is 2.61. The number of rotatable bonds is 3. The van der Waals surface area contributed by atoms with Gasteiger partial charge in [-0.3, -0.25) is 0 Å². The lowest BCUT2D eigenvalue weighted by molar-refractivity contribution is 0.0879. The molecule has 2 bridgehead atoms. The van der Waals surface area contributed by atoms with Crippen LogP contribution in [0.2, 0.25) is 0 Å². The molecule has 4 aliphatic carbocycles. The maximum atomic E-state index is 6.82. The van der Waals surface area contributed by atoms with Gasteiger partial charge in [-0.1, -0.05) is 105 Å². The largest absolute Gasteiger partial charge is 0.457 e. The summed E-state index contributed by atoms with van der Waals surface area (Å²) in [6.07, 6.45) is 15.7. The molecule has 3 nitrogen and oxygen atoms in total. The number of nitrogens with zero attached hydrogens (tertiary/aromatic N) is 2. The average molecular weight is 745 g/mol. The molecule has 274 valence electrons. The highest BCUT2D eigenvalue weighted by molar-refractivity contribution is 7.25. The molecule has 3 heterocycles. The summed E-state index contributed by atoms with van der Waals surface area (Å²) < 4.78 is 9.45. The molecule has 4 heteroatoms. The van der Waals surface area contributed by atoms with Crippen LogP contribution < -0.4 is 4.74 Å². The minimum absolute atomic E-state index is 0.00628. The number of ether oxygens (including phenoxy) is 1. The van der Waals surface area contributed by atoms with E-state index in [1.165, 1.54) is 80.2 Å². The first-order chi connectivity index (χ1) is 27.4. The van der Waals surface area contributed by atoms with Crippen molar-refractivity contribution < 1.29 is 4.74 Å². The Kier molecular flexibility index (Phi) is 7.10. The van der Waals surface area contributed by atoms with E-state index in [0.717, 1.165) is 51.9 Å². The van der Waals surface area contributed by atoms with Crippen molar-refractivity contribution in [3.8, 4) is 34.1 Å². The fraction of sp³-hybridized carbons (Fsp3) is 0.269. The van der Waals surface area contributed by atoms with Gasteiger partial charge < -0.3 is 4.74 Å². The normalized spacial score (nSPS) is 28.1. The van der Waals surface area contributed by atoms with Gasteiger partial charge in [0.25, 0.3) is 0 Å². The lowest BCUT2D eigenvalue weighted by atomic mass is 9.58. The van der Waals surface area contributed by atoms with Gasteiger partial charge in [0.05, 0.1) is 16.8 Å². The zero-order valence-electron chi connectivity index (χ0n) is 31.9. The summed E-state index contributed by atoms with van der Waals surface area (Å²) in [6.45, 7) is 4.96. The van der Waals surface area contributed by atoms with Crippen LogP contribution in [0.3, 0.4) is 0 Å². The number of thiophene rings is 1.